The monoisotopic (exact) mass is 250 g/mol. The number of piperidine rings is 1. The molecule has 0 bridgehead atoms. The molecule has 0 unspecified atom stereocenters. The predicted octanol–water partition coefficient (Wildman–Crippen LogP) is 2.50. The Morgan fingerprint density at radius 1 is 1.56 bits per heavy atom. The molecule has 0 saturated carbocycles. The Hall–Kier alpha value is -1.42. The van der Waals surface area contributed by atoms with Gasteiger partial charge in [-0.15, -0.1) is 0 Å². The standard InChI is InChI=1S/C14H19FN2O/c1-11-4-3-7-17(9-11)10-14(18)16-13-6-2-5-12(15)8-13/h2,5-6,8,11H,3-4,7,9-10H2,1H3,(H,16,18)/t11-/m1/s1. The van der Waals surface area contributed by atoms with Crippen LogP contribution in [-0.4, -0.2) is 30.4 Å². The van der Waals surface area contributed by atoms with Crippen molar-refractivity contribution in [2.24, 2.45) is 5.92 Å². The maximum absolute atomic E-state index is 13.0. The molecule has 0 aromatic heterocycles. The van der Waals surface area contributed by atoms with Gasteiger partial charge in [0.05, 0.1) is 6.54 Å². The molecule has 4 heteroatoms. The average Bonchev–Trinajstić information content (AvgIpc) is 2.28. The third kappa shape index (κ3) is 3.81. The molecule has 2 rings (SSSR count). The number of carbonyl (C=O) groups is 1. The van der Waals surface area contributed by atoms with Gasteiger partial charge >= 0.3 is 0 Å². The first-order chi connectivity index (χ1) is 8.63. The van der Waals surface area contributed by atoms with E-state index in [1.807, 2.05) is 0 Å². The number of anilines is 1. The number of rotatable bonds is 3. The summed E-state index contributed by atoms with van der Waals surface area (Å²) in [5, 5.41) is 2.72. The largest absolute Gasteiger partial charge is 0.325 e. The van der Waals surface area contributed by atoms with Gasteiger partial charge in [-0.1, -0.05) is 13.0 Å². The van der Waals surface area contributed by atoms with Crippen LogP contribution in [0.1, 0.15) is 19.8 Å². The van der Waals surface area contributed by atoms with E-state index in [-0.39, 0.29) is 11.7 Å². The van der Waals surface area contributed by atoms with E-state index in [2.05, 4.69) is 17.1 Å². The van der Waals surface area contributed by atoms with Gasteiger partial charge in [0.15, 0.2) is 0 Å². The summed E-state index contributed by atoms with van der Waals surface area (Å²) in [6.45, 7) is 4.54. The molecular weight excluding hydrogens is 231 g/mol. The normalized spacial score (nSPS) is 20.7. The van der Waals surface area contributed by atoms with Crippen LogP contribution in [0.4, 0.5) is 10.1 Å². The summed E-state index contributed by atoms with van der Waals surface area (Å²) in [5.74, 6) is 0.245. The highest BCUT2D eigenvalue weighted by molar-refractivity contribution is 5.92. The fourth-order valence-corrected chi connectivity index (χ4v) is 2.40. The first kappa shape index (κ1) is 13.0. The molecular formula is C14H19FN2O. The van der Waals surface area contributed by atoms with Gasteiger partial charge in [0.25, 0.3) is 0 Å². The van der Waals surface area contributed by atoms with Crippen molar-refractivity contribution in [1.82, 2.24) is 4.90 Å². The van der Waals surface area contributed by atoms with Gasteiger partial charge in [-0.05, 0) is 43.5 Å². The lowest BCUT2D eigenvalue weighted by atomic mass is 10.0. The van der Waals surface area contributed by atoms with Crippen LogP contribution in [0.3, 0.4) is 0 Å². The molecule has 0 spiro atoms. The molecule has 1 heterocycles. The van der Waals surface area contributed by atoms with Gasteiger partial charge < -0.3 is 5.32 Å². The van der Waals surface area contributed by atoms with Gasteiger partial charge in [0.1, 0.15) is 5.82 Å². The van der Waals surface area contributed by atoms with Gasteiger partial charge in [0, 0.05) is 12.2 Å². The van der Waals surface area contributed by atoms with Crippen LogP contribution in [0.15, 0.2) is 24.3 Å². The minimum Gasteiger partial charge on any atom is -0.325 e. The summed E-state index contributed by atoms with van der Waals surface area (Å²) in [6.07, 6.45) is 2.39. The lowest BCUT2D eigenvalue weighted by Crippen LogP contribution is -2.39. The van der Waals surface area contributed by atoms with Crippen LogP contribution in [0.5, 0.6) is 0 Å². The van der Waals surface area contributed by atoms with Crippen molar-refractivity contribution >= 4 is 11.6 Å². The summed E-state index contributed by atoms with van der Waals surface area (Å²) >= 11 is 0. The van der Waals surface area contributed by atoms with Crippen molar-refractivity contribution in [3.05, 3.63) is 30.1 Å². The second-order valence-corrected chi connectivity index (χ2v) is 5.04. The van der Waals surface area contributed by atoms with E-state index in [0.29, 0.717) is 18.2 Å². The summed E-state index contributed by atoms with van der Waals surface area (Å²) < 4.78 is 13.0. The molecule has 1 aromatic carbocycles. The van der Waals surface area contributed by atoms with Crippen molar-refractivity contribution < 1.29 is 9.18 Å². The SMILES string of the molecule is C[C@@H]1CCCN(CC(=O)Nc2cccc(F)c2)C1. The molecule has 1 aromatic rings. The number of amides is 1. The predicted molar refractivity (Wildman–Crippen MR) is 69.9 cm³/mol. The van der Waals surface area contributed by atoms with Crippen LogP contribution in [0.2, 0.25) is 0 Å². The second-order valence-electron chi connectivity index (χ2n) is 5.04. The highest BCUT2D eigenvalue weighted by Gasteiger charge is 2.18. The van der Waals surface area contributed by atoms with Crippen LogP contribution < -0.4 is 5.32 Å². The number of nitrogens with zero attached hydrogens (tertiary/aromatic N) is 1. The fraction of sp³-hybridized carbons (Fsp3) is 0.500. The first-order valence-electron chi connectivity index (χ1n) is 6.41. The first-order valence-corrected chi connectivity index (χ1v) is 6.41. The van der Waals surface area contributed by atoms with Crippen molar-refractivity contribution in [2.45, 2.75) is 19.8 Å². The Morgan fingerprint density at radius 3 is 3.11 bits per heavy atom. The van der Waals surface area contributed by atoms with Crippen LogP contribution >= 0.6 is 0 Å². The summed E-state index contributed by atoms with van der Waals surface area (Å²) in [6, 6.07) is 5.98. The Morgan fingerprint density at radius 2 is 2.39 bits per heavy atom. The highest BCUT2D eigenvalue weighted by Crippen LogP contribution is 2.15. The van der Waals surface area contributed by atoms with Crippen LogP contribution in [0.25, 0.3) is 0 Å². The molecule has 18 heavy (non-hydrogen) atoms. The Bertz CT molecular complexity index is 422. The molecule has 1 aliphatic rings. The molecule has 1 saturated heterocycles. The minimum absolute atomic E-state index is 0.0744. The second kappa shape index (κ2) is 5.96. The molecule has 3 nitrogen and oxygen atoms in total. The van der Waals surface area contributed by atoms with Gasteiger partial charge in [-0.25, -0.2) is 4.39 Å². The topological polar surface area (TPSA) is 32.3 Å². The lowest BCUT2D eigenvalue weighted by molar-refractivity contribution is -0.117. The molecule has 98 valence electrons. The molecule has 0 aliphatic carbocycles. The number of nitrogens with one attached hydrogen (secondary N) is 1. The molecule has 1 atom stereocenters. The van der Waals surface area contributed by atoms with Crippen LogP contribution in [-0.2, 0) is 4.79 Å². The fourth-order valence-electron chi connectivity index (χ4n) is 2.40. The third-order valence-corrected chi connectivity index (χ3v) is 3.22. The maximum Gasteiger partial charge on any atom is 0.238 e. The van der Waals surface area contributed by atoms with E-state index < -0.39 is 0 Å². The zero-order valence-corrected chi connectivity index (χ0v) is 10.7. The average molecular weight is 250 g/mol. The molecule has 1 amide bonds. The Kier molecular flexibility index (Phi) is 4.31. The number of halogens is 1. The summed E-state index contributed by atoms with van der Waals surface area (Å²) in [7, 11) is 0. The number of carbonyl (C=O) groups excluding carboxylic acids is 1. The zero-order chi connectivity index (χ0) is 13.0. The highest BCUT2D eigenvalue weighted by atomic mass is 19.1. The van der Waals surface area contributed by atoms with Gasteiger partial charge in [-0.2, -0.15) is 0 Å². The zero-order valence-electron chi connectivity index (χ0n) is 10.7. The number of hydrogen-bond acceptors (Lipinski definition) is 2. The Balaban J connectivity index is 1.85. The summed E-state index contributed by atoms with van der Waals surface area (Å²) in [4.78, 5) is 14.0. The van der Waals surface area contributed by atoms with Crippen LogP contribution in [0, 0.1) is 11.7 Å². The van der Waals surface area contributed by atoms with Crippen molar-refractivity contribution in [1.29, 1.82) is 0 Å². The van der Waals surface area contributed by atoms with E-state index in [1.54, 1.807) is 12.1 Å². The van der Waals surface area contributed by atoms with E-state index in [1.165, 1.54) is 18.6 Å². The van der Waals surface area contributed by atoms with E-state index in [4.69, 9.17) is 0 Å². The quantitative estimate of drug-likeness (QED) is 0.894. The van der Waals surface area contributed by atoms with Gasteiger partial charge in [0.2, 0.25) is 5.91 Å². The minimum atomic E-state index is -0.334. The number of benzene rings is 1. The van der Waals surface area contributed by atoms with E-state index in [0.717, 1.165) is 19.5 Å². The Labute approximate surface area is 107 Å². The third-order valence-electron chi connectivity index (χ3n) is 3.22. The summed E-state index contributed by atoms with van der Waals surface area (Å²) in [5.41, 5.74) is 0.519. The smallest absolute Gasteiger partial charge is 0.238 e. The molecule has 0 radical (unpaired) electrons. The van der Waals surface area contributed by atoms with Crippen molar-refractivity contribution in [3.63, 3.8) is 0 Å². The van der Waals surface area contributed by atoms with E-state index >= 15 is 0 Å². The number of likely N-dealkylation sites (tertiary alicyclic amines) is 1. The lowest BCUT2D eigenvalue weighted by Gasteiger charge is -2.30. The van der Waals surface area contributed by atoms with Crippen molar-refractivity contribution in [3.8, 4) is 0 Å². The van der Waals surface area contributed by atoms with Crippen molar-refractivity contribution in [2.75, 3.05) is 25.0 Å². The van der Waals surface area contributed by atoms with E-state index in [9.17, 15) is 9.18 Å². The molecule has 1 fully saturated rings. The molecule has 1 aliphatic heterocycles. The maximum atomic E-state index is 13.0. The number of hydrogen-bond donors (Lipinski definition) is 1. The van der Waals surface area contributed by atoms with Gasteiger partial charge in [-0.3, -0.25) is 9.69 Å². The molecule has 1 N–H and O–H groups in total.